The van der Waals surface area contributed by atoms with Gasteiger partial charge in [-0.1, -0.05) is 30.3 Å². The lowest BCUT2D eigenvalue weighted by Crippen LogP contribution is -2.14. The zero-order valence-electron chi connectivity index (χ0n) is 9.13. The first-order valence-electron chi connectivity index (χ1n) is 5.35. The van der Waals surface area contributed by atoms with Crippen LogP contribution in [0.5, 0.6) is 0 Å². The Morgan fingerprint density at radius 1 is 1.12 bits per heavy atom. The molecule has 0 bridgehead atoms. The van der Waals surface area contributed by atoms with Crippen LogP contribution in [0.1, 0.15) is 10.4 Å². The zero-order valence-corrected chi connectivity index (χ0v) is 9.95. The van der Waals surface area contributed by atoms with Gasteiger partial charge in [0, 0.05) is 5.56 Å². The Kier molecular flexibility index (Phi) is 2.49. The number of benzene rings is 1. The maximum Gasteiger partial charge on any atom is 0.121 e. The van der Waals surface area contributed by atoms with E-state index in [4.69, 9.17) is 5.73 Å². The van der Waals surface area contributed by atoms with Gasteiger partial charge in [0.1, 0.15) is 5.84 Å². The van der Waals surface area contributed by atoms with E-state index in [0.717, 1.165) is 21.8 Å². The predicted molar refractivity (Wildman–Crippen MR) is 72.5 cm³/mol. The summed E-state index contributed by atoms with van der Waals surface area (Å²) in [7, 11) is 0. The average Bonchev–Trinajstić information content (AvgIpc) is 2.73. The number of fused-ring (bicyclic) bond motifs is 1. The van der Waals surface area contributed by atoms with Gasteiger partial charge in [0.25, 0.3) is 0 Å². The highest BCUT2D eigenvalue weighted by Gasteiger charge is 2.15. The molecule has 1 aromatic heterocycles. The third-order valence-electron chi connectivity index (χ3n) is 2.57. The molecule has 0 spiro atoms. The molecule has 0 unspecified atom stereocenters. The van der Waals surface area contributed by atoms with Crippen molar-refractivity contribution in [1.29, 1.82) is 0 Å². The van der Waals surface area contributed by atoms with Crippen molar-refractivity contribution in [1.82, 2.24) is 0 Å². The summed E-state index contributed by atoms with van der Waals surface area (Å²) >= 11 is 1.65. The predicted octanol–water partition coefficient (Wildman–Crippen LogP) is 2.59. The lowest BCUT2D eigenvalue weighted by Gasteiger charge is -2.03. The Morgan fingerprint density at radius 3 is 2.76 bits per heavy atom. The van der Waals surface area contributed by atoms with Gasteiger partial charge in [-0.25, -0.2) is 4.99 Å². The SMILES string of the molecule is NC1=Nc2ccsc2C(c2ccccc2)=NC1. The molecule has 3 nitrogen and oxygen atoms in total. The largest absolute Gasteiger partial charge is 0.386 e. The molecule has 0 fully saturated rings. The van der Waals surface area contributed by atoms with Gasteiger partial charge in [0.15, 0.2) is 0 Å². The van der Waals surface area contributed by atoms with Crippen LogP contribution in [0.2, 0.25) is 0 Å². The van der Waals surface area contributed by atoms with Crippen LogP contribution in [0.4, 0.5) is 5.69 Å². The Labute approximate surface area is 103 Å². The lowest BCUT2D eigenvalue weighted by molar-refractivity contribution is 1.27. The van der Waals surface area contributed by atoms with Crippen LogP contribution in [-0.4, -0.2) is 18.1 Å². The van der Waals surface area contributed by atoms with E-state index in [1.807, 2.05) is 29.6 Å². The van der Waals surface area contributed by atoms with Gasteiger partial charge in [-0.05, 0) is 11.4 Å². The summed E-state index contributed by atoms with van der Waals surface area (Å²) in [5.74, 6) is 0.565. The number of hydrogen-bond acceptors (Lipinski definition) is 4. The molecule has 3 rings (SSSR count). The first kappa shape index (κ1) is 10.2. The van der Waals surface area contributed by atoms with E-state index in [1.54, 1.807) is 11.3 Å². The fraction of sp³-hybridized carbons (Fsp3) is 0.0769. The maximum atomic E-state index is 5.80. The molecule has 2 heterocycles. The van der Waals surface area contributed by atoms with Crippen LogP contribution >= 0.6 is 11.3 Å². The van der Waals surface area contributed by atoms with Crippen molar-refractivity contribution in [2.75, 3.05) is 6.54 Å². The normalized spacial score (nSPS) is 14.6. The van der Waals surface area contributed by atoms with E-state index >= 15 is 0 Å². The van der Waals surface area contributed by atoms with Gasteiger partial charge in [-0.3, -0.25) is 4.99 Å². The topological polar surface area (TPSA) is 50.7 Å². The molecule has 0 amide bonds. The van der Waals surface area contributed by atoms with E-state index in [2.05, 4.69) is 22.1 Å². The second-order valence-electron chi connectivity index (χ2n) is 3.77. The molecule has 0 atom stereocenters. The van der Waals surface area contributed by atoms with Crippen molar-refractivity contribution < 1.29 is 0 Å². The lowest BCUT2D eigenvalue weighted by atomic mass is 10.1. The van der Waals surface area contributed by atoms with E-state index < -0.39 is 0 Å². The van der Waals surface area contributed by atoms with Gasteiger partial charge in [-0.2, -0.15) is 0 Å². The third kappa shape index (κ3) is 1.87. The highest BCUT2D eigenvalue weighted by molar-refractivity contribution is 7.13. The Morgan fingerprint density at radius 2 is 1.94 bits per heavy atom. The Balaban J connectivity index is 2.16. The summed E-state index contributed by atoms with van der Waals surface area (Å²) in [6, 6.07) is 12.1. The minimum atomic E-state index is 0.464. The molecule has 0 aliphatic carbocycles. The molecule has 1 aromatic carbocycles. The highest BCUT2D eigenvalue weighted by atomic mass is 32.1. The minimum Gasteiger partial charge on any atom is -0.386 e. The van der Waals surface area contributed by atoms with Crippen LogP contribution in [-0.2, 0) is 0 Å². The minimum absolute atomic E-state index is 0.464. The number of nitrogens with zero attached hydrogens (tertiary/aromatic N) is 2. The van der Waals surface area contributed by atoms with E-state index in [-0.39, 0.29) is 0 Å². The van der Waals surface area contributed by atoms with Crippen LogP contribution < -0.4 is 5.73 Å². The zero-order chi connectivity index (χ0) is 11.7. The first-order chi connectivity index (χ1) is 8.34. The summed E-state index contributed by atoms with van der Waals surface area (Å²) in [5, 5.41) is 2.02. The van der Waals surface area contributed by atoms with Gasteiger partial charge in [0.05, 0.1) is 22.8 Å². The van der Waals surface area contributed by atoms with Crippen molar-refractivity contribution in [2.45, 2.75) is 0 Å². The van der Waals surface area contributed by atoms with E-state index in [9.17, 15) is 0 Å². The standard InChI is InChI=1S/C13H11N3S/c14-11-8-15-12(9-4-2-1-3-5-9)13-10(16-11)6-7-17-13/h1-7H,8H2,(H2,14,16). The number of amidine groups is 1. The molecule has 17 heavy (non-hydrogen) atoms. The van der Waals surface area contributed by atoms with Crippen LogP contribution in [0.25, 0.3) is 0 Å². The maximum absolute atomic E-state index is 5.80. The van der Waals surface area contributed by atoms with Gasteiger partial charge >= 0.3 is 0 Å². The van der Waals surface area contributed by atoms with Crippen LogP contribution in [0, 0.1) is 0 Å². The summed E-state index contributed by atoms with van der Waals surface area (Å²) in [5.41, 5.74) is 8.82. The molecule has 0 radical (unpaired) electrons. The summed E-state index contributed by atoms with van der Waals surface area (Å²) in [6.45, 7) is 0.464. The second kappa shape index (κ2) is 4.14. The second-order valence-corrected chi connectivity index (χ2v) is 4.69. The summed E-state index contributed by atoms with van der Waals surface area (Å²) in [6.07, 6.45) is 0. The molecular weight excluding hydrogens is 230 g/mol. The summed E-state index contributed by atoms with van der Waals surface area (Å²) < 4.78 is 0. The van der Waals surface area contributed by atoms with Crippen molar-refractivity contribution in [3.8, 4) is 0 Å². The quantitative estimate of drug-likeness (QED) is 0.819. The van der Waals surface area contributed by atoms with Gasteiger partial charge in [0.2, 0.25) is 0 Å². The van der Waals surface area contributed by atoms with E-state index in [1.165, 1.54) is 0 Å². The molecule has 2 N–H and O–H groups in total. The number of thiophene rings is 1. The van der Waals surface area contributed by atoms with Gasteiger partial charge < -0.3 is 5.73 Å². The first-order valence-corrected chi connectivity index (χ1v) is 6.23. The average molecular weight is 241 g/mol. The fourth-order valence-corrected chi connectivity index (χ4v) is 2.67. The molecule has 84 valence electrons. The molecule has 1 aliphatic heterocycles. The van der Waals surface area contributed by atoms with Crippen molar-refractivity contribution >= 4 is 28.6 Å². The molecule has 2 aromatic rings. The highest BCUT2D eigenvalue weighted by Crippen LogP contribution is 2.29. The Hall–Kier alpha value is -1.94. The molecule has 4 heteroatoms. The number of hydrogen-bond donors (Lipinski definition) is 1. The van der Waals surface area contributed by atoms with Crippen LogP contribution in [0.15, 0.2) is 51.8 Å². The Bertz CT molecular complexity index is 596. The molecule has 0 saturated heterocycles. The summed E-state index contributed by atoms with van der Waals surface area (Å²) in [4.78, 5) is 10.0. The van der Waals surface area contributed by atoms with Crippen molar-refractivity contribution in [3.63, 3.8) is 0 Å². The van der Waals surface area contributed by atoms with Gasteiger partial charge in [-0.15, -0.1) is 11.3 Å². The number of rotatable bonds is 1. The van der Waals surface area contributed by atoms with Crippen molar-refractivity contribution in [3.05, 3.63) is 52.2 Å². The van der Waals surface area contributed by atoms with Crippen LogP contribution in [0.3, 0.4) is 0 Å². The third-order valence-corrected chi connectivity index (χ3v) is 3.48. The molecule has 1 aliphatic rings. The van der Waals surface area contributed by atoms with E-state index in [0.29, 0.717) is 12.4 Å². The number of aliphatic imine (C=N–C) groups is 2. The fourth-order valence-electron chi connectivity index (χ4n) is 1.81. The number of nitrogens with two attached hydrogens (primary N) is 1. The van der Waals surface area contributed by atoms with Crippen molar-refractivity contribution in [2.24, 2.45) is 15.7 Å². The molecule has 0 saturated carbocycles. The monoisotopic (exact) mass is 241 g/mol. The molecular formula is C13H11N3S. The smallest absolute Gasteiger partial charge is 0.121 e.